The minimum Gasteiger partial charge on any atom is -0.353 e. The molecule has 0 saturated carbocycles. The van der Waals surface area contributed by atoms with E-state index in [-0.39, 0.29) is 21.2 Å². The largest absolute Gasteiger partial charge is 0.353 e. The third kappa shape index (κ3) is 2.16. The first-order valence-corrected chi connectivity index (χ1v) is 7.84. The van der Waals surface area contributed by atoms with E-state index in [1.165, 1.54) is 0 Å². The van der Waals surface area contributed by atoms with Gasteiger partial charge in [0.05, 0.1) is 4.47 Å². The van der Waals surface area contributed by atoms with Gasteiger partial charge in [0.15, 0.2) is 5.82 Å². The summed E-state index contributed by atoms with van der Waals surface area (Å²) < 4.78 is 41.4. The Hall–Kier alpha value is -1.41. The molecule has 0 aliphatic carbocycles. The number of nitrogens with one attached hydrogen (secondary N) is 1. The second-order valence-electron chi connectivity index (χ2n) is 5.74. The van der Waals surface area contributed by atoms with Gasteiger partial charge in [0, 0.05) is 30.6 Å². The number of anilines is 1. The Balaban J connectivity index is 1.90. The molecule has 0 unspecified atom stereocenters. The zero-order valence-corrected chi connectivity index (χ0v) is 13.0. The third-order valence-electron chi connectivity index (χ3n) is 4.30. The van der Waals surface area contributed by atoms with Crippen LogP contribution >= 0.6 is 15.9 Å². The Bertz CT molecular complexity index is 758. The topological polar surface area (TPSA) is 41.1 Å². The molecule has 116 valence electrons. The van der Waals surface area contributed by atoms with E-state index >= 15 is 0 Å². The second kappa shape index (κ2) is 5.06. The van der Waals surface area contributed by atoms with Gasteiger partial charge in [-0.05, 0) is 34.8 Å². The summed E-state index contributed by atoms with van der Waals surface area (Å²) in [4.78, 5) is 9.19. The summed E-state index contributed by atoms with van der Waals surface area (Å²) in [5.74, 6) is -1.40. The number of hydrogen-bond acceptors (Lipinski definition) is 4. The molecule has 1 aromatic heterocycles. The van der Waals surface area contributed by atoms with Gasteiger partial charge < -0.3 is 10.2 Å². The molecule has 8 heteroatoms. The molecule has 2 fully saturated rings. The van der Waals surface area contributed by atoms with Crippen LogP contribution < -0.4 is 10.2 Å². The van der Waals surface area contributed by atoms with Crippen molar-refractivity contribution in [3.63, 3.8) is 0 Å². The van der Waals surface area contributed by atoms with E-state index in [2.05, 4.69) is 31.2 Å². The van der Waals surface area contributed by atoms with Crippen LogP contribution in [-0.4, -0.2) is 35.1 Å². The summed E-state index contributed by atoms with van der Waals surface area (Å²) in [6, 6.07) is 1.76. The quantitative estimate of drug-likeness (QED) is 0.617. The van der Waals surface area contributed by atoms with Crippen molar-refractivity contribution < 1.29 is 13.2 Å². The SMILES string of the molecule is Fc1nc(N2C[C@H]3CC[C@@H](C2)N3)c2cc(F)c(Br)c(F)c2n1. The fraction of sp³-hybridized carbons (Fsp3) is 0.429. The van der Waals surface area contributed by atoms with Crippen LogP contribution in [0.3, 0.4) is 0 Å². The van der Waals surface area contributed by atoms with Crippen LogP contribution in [0.1, 0.15) is 12.8 Å². The molecule has 1 aromatic carbocycles. The molecular formula is C14H12BrF3N4. The smallest absolute Gasteiger partial charge is 0.311 e. The molecular weight excluding hydrogens is 361 g/mol. The zero-order chi connectivity index (χ0) is 15.4. The van der Waals surface area contributed by atoms with Crippen molar-refractivity contribution in [1.29, 1.82) is 0 Å². The van der Waals surface area contributed by atoms with Crippen molar-refractivity contribution in [2.45, 2.75) is 24.9 Å². The Kier molecular flexibility index (Phi) is 3.26. The number of benzene rings is 1. The first-order valence-electron chi connectivity index (χ1n) is 7.04. The molecule has 0 amide bonds. The number of aromatic nitrogens is 2. The summed E-state index contributed by atoms with van der Waals surface area (Å²) in [6.07, 6.45) is 1.08. The van der Waals surface area contributed by atoms with E-state index in [4.69, 9.17) is 0 Å². The van der Waals surface area contributed by atoms with E-state index in [1.54, 1.807) is 0 Å². The molecule has 2 bridgehead atoms. The van der Waals surface area contributed by atoms with Crippen molar-refractivity contribution in [2.24, 2.45) is 0 Å². The molecule has 4 nitrogen and oxygen atoms in total. The molecule has 2 aliphatic heterocycles. The predicted octanol–water partition coefficient (Wildman–Crippen LogP) is 2.75. The highest BCUT2D eigenvalue weighted by Crippen LogP contribution is 2.33. The molecule has 1 N–H and O–H groups in total. The monoisotopic (exact) mass is 372 g/mol. The highest BCUT2D eigenvalue weighted by molar-refractivity contribution is 9.10. The number of halogens is 4. The second-order valence-corrected chi connectivity index (χ2v) is 6.53. The van der Waals surface area contributed by atoms with E-state index < -0.39 is 17.7 Å². The average molecular weight is 373 g/mol. The fourth-order valence-corrected chi connectivity index (χ4v) is 3.64. The fourth-order valence-electron chi connectivity index (χ4n) is 3.34. The molecule has 2 aliphatic rings. The lowest BCUT2D eigenvalue weighted by molar-refractivity contribution is 0.459. The average Bonchev–Trinajstić information content (AvgIpc) is 2.84. The van der Waals surface area contributed by atoms with Gasteiger partial charge in [0.2, 0.25) is 0 Å². The normalized spacial score (nSPS) is 24.3. The minimum absolute atomic E-state index is 0.195. The van der Waals surface area contributed by atoms with E-state index in [1.807, 2.05) is 4.90 Å². The van der Waals surface area contributed by atoms with Crippen LogP contribution in [-0.2, 0) is 0 Å². The van der Waals surface area contributed by atoms with Gasteiger partial charge in [-0.1, -0.05) is 0 Å². The Morgan fingerprint density at radius 1 is 1.14 bits per heavy atom. The predicted molar refractivity (Wildman–Crippen MR) is 79.3 cm³/mol. The molecule has 2 aromatic rings. The van der Waals surface area contributed by atoms with E-state index in [0.29, 0.717) is 25.2 Å². The van der Waals surface area contributed by atoms with Gasteiger partial charge >= 0.3 is 6.08 Å². The summed E-state index contributed by atoms with van der Waals surface area (Å²) in [5, 5.41) is 3.65. The van der Waals surface area contributed by atoms with E-state index in [0.717, 1.165) is 18.9 Å². The van der Waals surface area contributed by atoms with Crippen LogP contribution in [0, 0.1) is 17.7 Å². The summed E-state index contributed by atoms with van der Waals surface area (Å²) >= 11 is 2.82. The summed E-state index contributed by atoms with van der Waals surface area (Å²) in [5.41, 5.74) is -0.207. The highest BCUT2D eigenvalue weighted by atomic mass is 79.9. The molecule has 2 saturated heterocycles. The Labute approximate surface area is 132 Å². The number of rotatable bonds is 1. The van der Waals surface area contributed by atoms with E-state index in [9.17, 15) is 13.2 Å². The van der Waals surface area contributed by atoms with Crippen LogP contribution in [0.2, 0.25) is 0 Å². The van der Waals surface area contributed by atoms with Crippen molar-refractivity contribution in [3.05, 3.63) is 28.3 Å². The highest BCUT2D eigenvalue weighted by Gasteiger charge is 2.34. The van der Waals surface area contributed by atoms with Crippen molar-refractivity contribution in [1.82, 2.24) is 15.3 Å². The zero-order valence-electron chi connectivity index (χ0n) is 11.4. The van der Waals surface area contributed by atoms with Crippen molar-refractivity contribution >= 4 is 32.7 Å². The molecule has 2 atom stereocenters. The molecule has 0 radical (unpaired) electrons. The number of fused-ring (bicyclic) bond motifs is 3. The Morgan fingerprint density at radius 3 is 2.50 bits per heavy atom. The molecule has 22 heavy (non-hydrogen) atoms. The maximum atomic E-state index is 14.2. The first kappa shape index (κ1) is 14.2. The van der Waals surface area contributed by atoms with Crippen LogP contribution in [0.25, 0.3) is 10.9 Å². The Morgan fingerprint density at radius 2 is 1.82 bits per heavy atom. The van der Waals surface area contributed by atoms with Crippen molar-refractivity contribution in [2.75, 3.05) is 18.0 Å². The number of nitrogens with zero attached hydrogens (tertiary/aromatic N) is 3. The lowest BCUT2D eigenvalue weighted by atomic mass is 10.1. The van der Waals surface area contributed by atoms with Gasteiger partial charge in [0.1, 0.15) is 17.2 Å². The van der Waals surface area contributed by atoms with Crippen LogP contribution in [0.15, 0.2) is 10.5 Å². The first-order chi connectivity index (χ1) is 10.5. The lowest BCUT2D eigenvalue weighted by Crippen LogP contribution is -2.51. The van der Waals surface area contributed by atoms with Crippen LogP contribution in [0.5, 0.6) is 0 Å². The number of piperazine rings is 1. The maximum absolute atomic E-state index is 14.2. The van der Waals surface area contributed by atoms with Gasteiger partial charge in [0.25, 0.3) is 0 Å². The molecule has 0 spiro atoms. The molecule has 3 heterocycles. The van der Waals surface area contributed by atoms with Gasteiger partial charge in [-0.2, -0.15) is 14.4 Å². The van der Waals surface area contributed by atoms with Crippen LogP contribution in [0.4, 0.5) is 19.0 Å². The standard InChI is InChI=1S/C14H12BrF3N4/c15-10-9(16)3-8-12(11(10)17)20-14(18)21-13(8)22-4-6-1-2-7(5-22)19-6/h3,6-7,19H,1-2,4-5H2/t6-,7+. The number of hydrogen-bond donors (Lipinski definition) is 1. The summed E-state index contributed by atoms with van der Waals surface area (Å²) in [6.45, 7) is 1.28. The van der Waals surface area contributed by atoms with Gasteiger partial charge in [-0.3, -0.25) is 0 Å². The summed E-state index contributed by atoms with van der Waals surface area (Å²) in [7, 11) is 0. The maximum Gasteiger partial charge on any atom is 0.311 e. The minimum atomic E-state index is -1.01. The van der Waals surface area contributed by atoms with Gasteiger partial charge in [-0.15, -0.1) is 0 Å². The third-order valence-corrected chi connectivity index (χ3v) is 5.02. The van der Waals surface area contributed by atoms with Crippen molar-refractivity contribution in [3.8, 4) is 0 Å². The lowest BCUT2D eigenvalue weighted by Gasteiger charge is -2.34. The van der Waals surface area contributed by atoms with Gasteiger partial charge in [-0.25, -0.2) is 8.78 Å². The molecule has 4 rings (SSSR count).